The van der Waals surface area contributed by atoms with E-state index in [4.69, 9.17) is 14.2 Å². The van der Waals surface area contributed by atoms with Crippen LogP contribution in [0.25, 0.3) is 10.9 Å². The van der Waals surface area contributed by atoms with Crippen molar-refractivity contribution in [1.29, 1.82) is 0 Å². The molecule has 0 bridgehead atoms. The average Bonchev–Trinajstić information content (AvgIpc) is 3.30. The molecule has 1 fully saturated rings. The zero-order valence-electron chi connectivity index (χ0n) is 20.0. The predicted octanol–water partition coefficient (Wildman–Crippen LogP) is 4.82. The lowest BCUT2D eigenvalue weighted by Crippen LogP contribution is -2.36. The number of ether oxygens (including phenoxy) is 3. The number of nitrogens with one attached hydrogen (secondary N) is 3. The Hall–Kier alpha value is -3.68. The number of fused-ring (bicyclic) bond motifs is 1. The van der Waals surface area contributed by atoms with Gasteiger partial charge in [-0.05, 0) is 49.6 Å². The Morgan fingerprint density at radius 3 is 2.29 bits per heavy atom. The van der Waals surface area contributed by atoms with Gasteiger partial charge in [-0.3, -0.25) is 9.59 Å². The molecule has 8 nitrogen and oxygen atoms in total. The van der Waals surface area contributed by atoms with Crippen molar-refractivity contribution in [2.75, 3.05) is 26.6 Å². The van der Waals surface area contributed by atoms with Crippen molar-refractivity contribution in [3.8, 4) is 17.2 Å². The fourth-order valence-corrected chi connectivity index (χ4v) is 4.51. The number of carbonyl (C=O) groups is 2. The number of carbonyl (C=O) groups excluding carboxylic acids is 2. The fourth-order valence-electron chi connectivity index (χ4n) is 4.51. The van der Waals surface area contributed by atoms with Crippen molar-refractivity contribution in [3.63, 3.8) is 0 Å². The minimum Gasteiger partial charge on any atom is -0.496 e. The highest BCUT2D eigenvalue weighted by atomic mass is 16.5. The molecule has 0 unspecified atom stereocenters. The molecule has 34 heavy (non-hydrogen) atoms. The van der Waals surface area contributed by atoms with Crippen LogP contribution in [-0.4, -0.2) is 44.2 Å². The third-order valence-electron chi connectivity index (χ3n) is 6.36. The molecule has 4 rings (SSSR count). The monoisotopic (exact) mass is 465 g/mol. The first-order valence-corrected chi connectivity index (χ1v) is 11.5. The SMILES string of the molecule is COc1cc(OC)c2cc(C(=O)Nc3ccc(C(=O)NC4CCCCC4)cc3C)[nH]c2c1OC. The predicted molar refractivity (Wildman–Crippen MR) is 131 cm³/mol. The molecule has 3 aromatic rings. The summed E-state index contributed by atoms with van der Waals surface area (Å²) >= 11 is 0. The largest absolute Gasteiger partial charge is 0.496 e. The molecule has 1 saturated carbocycles. The Kier molecular flexibility index (Phi) is 6.95. The fraction of sp³-hybridized carbons (Fsp3) is 0.385. The molecule has 2 amide bonds. The van der Waals surface area contributed by atoms with Crippen LogP contribution in [0.4, 0.5) is 5.69 Å². The minimum absolute atomic E-state index is 0.0726. The van der Waals surface area contributed by atoms with Gasteiger partial charge in [0, 0.05) is 28.7 Å². The van der Waals surface area contributed by atoms with E-state index in [1.807, 2.05) is 6.92 Å². The maximum Gasteiger partial charge on any atom is 0.272 e. The van der Waals surface area contributed by atoms with Crippen molar-refractivity contribution in [3.05, 3.63) is 47.2 Å². The highest BCUT2D eigenvalue weighted by Crippen LogP contribution is 2.41. The van der Waals surface area contributed by atoms with Crippen molar-refractivity contribution in [1.82, 2.24) is 10.3 Å². The second-order valence-corrected chi connectivity index (χ2v) is 8.58. The van der Waals surface area contributed by atoms with Crippen LogP contribution in [0.15, 0.2) is 30.3 Å². The average molecular weight is 466 g/mol. The quantitative estimate of drug-likeness (QED) is 0.465. The molecule has 1 aliphatic carbocycles. The van der Waals surface area contributed by atoms with E-state index >= 15 is 0 Å². The number of benzene rings is 2. The Balaban J connectivity index is 1.53. The number of aromatic nitrogens is 1. The number of aromatic amines is 1. The van der Waals surface area contributed by atoms with Crippen molar-refractivity contribution < 1.29 is 23.8 Å². The van der Waals surface area contributed by atoms with Gasteiger partial charge in [0.1, 0.15) is 11.4 Å². The first kappa shape index (κ1) is 23.5. The van der Waals surface area contributed by atoms with E-state index in [0.717, 1.165) is 31.2 Å². The molecular weight excluding hydrogens is 434 g/mol. The summed E-state index contributed by atoms with van der Waals surface area (Å²) in [6.45, 7) is 1.87. The van der Waals surface area contributed by atoms with Crippen LogP contribution in [-0.2, 0) is 0 Å². The van der Waals surface area contributed by atoms with Gasteiger partial charge in [0.15, 0.2) is 11.5 Å². The van der Waals surface area contributed by atoms with Crippen molar-refractivity contribution in [2.45, 2.75) is 45.1 Å². The maximum absolute atomic E-state index is 13.0. The third-order valence-corrected chi connectivity index (χ3v) is 6.36. The van der Waals surface area contributed by atoms with Gasteiger partial charge in [-0.2, -0.15) is 0 Å². The van der Waals surface area contributed by atoms with E-state index in [1.54, 1.807) is 51.7 Å². The standard InChI is InChI=1S/C26H31N3O5/c1-15-12-16(25(30)27-17-8-6-5-7-9-17)10-11-19(15)29-26(31)20-13-18-21(32-2)14-22(33-3)24(34-4)23(18)28-20/h10-14,17,28H,5-9H2,1-4H3,(H,27,30)(H,29,31). The Morgan fingerprint density at radius 2 is 1.65 bits per heavy atom. The highest BCUT2D eigenvalue weighted by Gasteiger charge is 2.21. The number of hydrogen-bond donors (Lipinski definition) is 3. The van der Waals surface area contributed by atoms with Gasteiger partial charge in [-0.25, -0.2) is 0 Å². The van der Waals surface area contributed by atoms with Crippen LogP contribution in [0.3, 0.4) is 0 Å². The molecule has 2 aromatic carbocycles. The summed E-state index contributed by atoms with van der Waals surface area (Å²) in [7, 11) is 4.64. The van der Waals surface area contributed by atoms with Crippen LogP contribution < -0.4 is 24.8 Å². The third kappa shape index (κ3) is 4.66. The zero-order chi connectivity index (χ0) is 24.2. The second kappa shape index (κ2) is 10.1. The molecule has 8 heteroatoms. The van der Waals surface area contributed by atoms with Gasteiger partial charge in [0.25, 0.3) is 11.8 Å². The van der Waals surface area contributed by atoms with Crippen LogP contribution in [0.1, 0.15) is 58.5 Å². The second-order valence-electron chi connectivity index (χ2n) is 8.58. The summed E-state index contributed by atoms with van der Waals surface area (Å²) in [5, 5.41) is 6.76. The minimum atomic E-state index is -0.318. The van der Waals surface area contributed by atoms with Gasteiger partial charge in [0.2, 0.25) is 0 Å². The topological polar surface area (TPSA) is 102 Å². The van der Waals surface area contributed by atoms with Gasteiger partial charge in [0.05, 0.1) is 26.8 Å². The molecule has 180 valence electrons. The lowest BCUT2D eigenvalue weighted by Gasteiger charge is -2.23. The molecule has 0 atom stereocenters. The van der Waals surface area contributed by atoms with E-state index < -0.39 is 0 Å². The molecule has 1 aliphatic rings. The molecule has 0 radical (unpaired) electrons. The first-order valence-electron chi connectivity index (χ1n) is 11.5. The van der Waals surface area contributed by atoms with E-state index in [2.05, 4.69) is 15.6 Å². The molecule has 3 N–H and O–H groups in total. The first-order chi connectivity index (χ1) is 16.4. The molecular formula is C26H31N3O5. The number of methoxy groups -OCH3 is 3. The van der Waals surface area contributed by atoms with Crippen molar-refractivity contribution >= 4 is 28.4 Å². The summed E-state index contributed by atoms with van der Waals surface area (Å²) in [5.74, 6) is 1.16. The number of H-pyrrole nitrogens is 1. The number of hydrogen-bond acceptors (Lipinski definition) is 5. The van der Waals surface area contributed by atoms with Crippen molar-refractivity contribution in [2.24, 2.45) is 0 Å². The van der Waals surface area contributed by atoms with E-state index in [9.17, 15) is 9.59 Å². The summed E-state index contributed by atoms with van der Waals surface area (Å²) in [4.78, 5) is 28.8. The molecule has 1 heterocycles. The Labute approximate surface area is 199 Å². The van der Waals surface area contributed by atoms with Crippen LogP contribution in [0.2, 0.25) is 0 Å². The van der Waals surface area contributed by atoms with Gasteiger partial charge >= 0.3 is 0 Å². The number of rotatable bonds is 7. The number of anilines is 1. The van der Waals surface area contributed by atoms with Gasteiger partial charge < -0.3 is 29.8 Å². The number of aryl methyl sites for hydroxylation is 1. The Bertz CT molecular complexity index is 1210. The van der Waals surface area contributed by atoms with E-state index in [1.165, 1.54) is 6.42 Å². The lowest BCUT2D eigenvalue weighted by molar-refractivity contribution is 0.0927. The lowest BCUT2D eigenvalue weighted by atomic mass is 9.95. The van der Waals surface area contributed by atoms with E-state index in [-0.39, 0.29) is 17.9 Å². The molecule has 0 aliphatic heterocycles. The molecule has 1 aromatic heterocycles. The summed E-state index contributed by atoms with van der Waals surface area (Å²) in [6, 6.07) is 8.98. The zero-order valence-corrected chi connectivity index (χ0v) is 20.0. The molecule has 0 saturated heterocycles. The summed E-state index contributed by atoms with van der Waals surface area (Å²) < 4.78 is 16.3. The normalized spacial score (nSPS) is 14.0. The van der Waals surface area contributed by atoms with E-state index in [0.29, 0.717) is 45.1 Å². The maximum atomic E-state index is 13.0. The van der Waals surface area contributed by atoms with Crippen LogP contribution in [0.5, 0.6) is 17.2 Å². The summed E-state index contributed by atoms with van der Waals surface area (Å²) in [6.07, 6.45) is 5.62. The van der Waals surface area contributed by atoms with Gasteiger partial charge in [-0.1, -0.05) is 19.3 Å². The van der Waals surface area contributed by atoms with Gasteiger partial charge in [-0.15, -0.1) is 0 Å². The summed E-state index contributed by atoms with van der Waals surface area (Å²) in [5.41, 5.74) is 2.98. The smallest absolute Gasteiger partial charge is 0.272 e. The Morgan fingerprint density at radius 1 is 0.912 bits per heavy atom. The van der Waals surface area contributed by atoms with Crippen LogP contribution in [0, 0.1) is 6.92 Å². The number of amides is 2. The molecule has 0 spiro atoms. The highest BCUT2D eigenvalue weighted by molar-refractivity contribution is 6.08. The van der Waals surface area contributed by atoms with Crippen LogP contribution >= 0.6 is 0 Å².